The fourth-order valence-corrected chi connectivity index (χ4v) is 7.39. The van der Waals surface area contributed by atoms with Crippen LogP contribution in [-0.2, 0) is 20.8 Å². The van der Waals surface area contributed by atoms with Gasteiger partial charge in [-0.2, -0.15) is 0 Å². The van der Waals surface area contributed by atoms with E-state index in [2.05, 4.69) is 23.5 Å². The van der Waals surface area contributed by atoms with Gasteiger partial charge in [-0.3, -0.25) is 19.3 Å². The molecule has 7 atom stereocenters. The Kier molecular flexibility index (Phi) is 5.88. The molecule has 3 aromatic rings. The predicted octanol–water partition coefficient (Wildman–Crippen LogP) is 5.70. The van der Waals surface area contributed by atoms with Crippen LogP contribution in [0.2, 0.25) is 0 Å². The van der Waals surface area contributed by atoms with Crippen molar-refractivity contribution < 1.29 is 19.1 Å². The van der Waals surface area contributed by atoms with Gasteiger partial charge in [0.15, 0.2) is 0 Å². The van der Waals surface area contributed by atoms with Crippen LogP contribution in [0.3, 0.4) is 0 Å². The Morgan fingerprint density at radius 3 is 2.05 bits per heavy atom. The molecule has 1 N–H and O–H groups in total. The zero-order valence-corrected chi connectivity index (χ0v) is 22.6. The highest BCUT2D eigenvalue weighted by molar-refractivity contribution is 6.10. The molecule has 0 spiro atoms. The number of hydrogen-bond donors (Lipinski definition) is 1. The van der Waals surface area contributed by atoms with E-state index in [1.54, 1.807) is 24.3 Å². The molecule has 6 heteroatoms. The van der Waals surface area contributed by atoms with Crippen molar-refractivity contribution in [1.29, 1.82) is 0 Å². The molecule has 202 valence electrons. The molecule has 0 aromatic heterocycles. The molecule has 40 heavy (non-hydrogen) atoms. The summed E-state index contributed by atoms with van der Waals surface area (Å²) in [5.74, 6) is 1.26. The maximum absolute atomic E-state index is 13.8. The number of carbonyl (C=O) groups excluding carboxylic acids is 3. The lowest BCUT2D eigenvalue weighted by molar-refractivity contribution is -0.146. The standard InChI is InChI=1S/C34H32N2O4/c1-19-14-20(2)16-24(15-19)40-23-10-8-22(9-11-23)35-32(37)29(17-21-6-4-3-5-7-21)36-33(38)30-25-12-13-26(28-18-27(25)28)31(30)34(36)39/h3-16,25-31H,17-18H2,1-2H3,(H,35,37)/t25-,26-,27-,28-,29-,30+,31+/m1/s1. The molecule has 0 radical (unpaired) electrons. The fraction of sp³-hybridized carbons (Fsp3) is 0.324. The number of benzene rings is 3. The normalized spacial score (nSPS) is 28.2. The van der Waals surface area contributed by atoms with Crippen molar-refractivity contribution in [3.63, 3.8) is 0 Å². The van der Waals surface area contributed by atoms with Gasteiger partial charge < -0.3 is 10.1 Å². The van der Waals surface area contributed by atoms with Gasteiger partial charge in [-0.25, -0.2) is 0 Å². The van der Waals surface area contributed by atoms with E-state index in [4.69, 9.17) is 4.74 Å². The molecule has 2 saturated carbocycles. The van der Waals surface area contributed by atoms with Gasteiger partial charge in [-0.05, 0) is 97.0 Å². The first-order valence-corrected chi connectivity index (χ1v) is 14.1. The molecule has 2 bridgehead atoms. The molecule has 1 saturated heterocycles. The predicted molar refractivity (Wildman–Crippen MR) is 152 cm³/mol. The molecular weight excluding hydrogens is 500 g/mol. The average molecular weight is 533 g/mol. The number of nitrogens with one attached hydrogen (secondary N) is 1. The average Bonchev–Trinajstić information content (AvgIpc) is 3.72. The highest BCUT2D eigenvalue weighted by Crippen LogP contribution is 2.65. The van der Waals surface area contributed by atoms with Crippen molar-refractivity contribution in [3.8, 4) is 11.5 Å². The van der Waals surface area contributed by atoms with Crippen molar-refractivity contribution in [2.75, 3.05) is 5.32 Å². The first-order chi connectivity index (χ1) is 19.4. The Labute approximate surface area is 234 Å². The molecule has 5 aliphatic rings. The monoisotopic (exact) mass is 532 g/mol. The highest BCUT2D eigenvalue weighted by atomic mass is 16.5. The second kappa shape index (κ2) is 9.47. The van der Waals surface area contributed by atoms with E-state index < -0.39 is 6.04 Å². The summed E-state index contributed by atoms with van der Waals surface area (Å²) < 4.78 is 6.01. The Balaban J connectivity index is 1.12. The molecular formula is C34H32N2O4. The first-order valence-electron chi connectivity index (χ1n) is 14.1. The third kappa shape index (κ3) is 4.23. The fourth-order valence-electron chi connectivity index (χ4n) is 7.39. The van der Waals surface area contributed by atoms with Crippen LogP contribution in [0.5, 0.6) is 11.5 Å². The number of amides is 3. The van der Waals surface area contributed by atoms with Crippen LogP contribution in [0.1, 0.15) is 23.1 Å². The number of likely N-dealkylation sites (tertiary alicyclic amines) is 1. The number of hydrogen-bond acceptors (Lipinski definition) is 4. The second-order valence-corrected chi connectivity index (χ2v) is 11.8. The van der Waals surface area contributed by atoms with Crippen molar-refractivity contribution in [2.24, 2.45) is 35.5 Å². The van der Waals surface area contributed by atoms with Crippen LogP contribution < -0.4 is 10.1 Å². The Bertz CT molecular complexity index is 1470. The smallest absolute Gasteiger partial charge is 0.248 e. The van der Waals surface area contributed by atoms with Crippen LogP contribution >= 0.6 is 0 Å². The van der Waals surface area contributed by atoms with Crippen LogP contribution in [-0.4, -0.2) is 28.7 Å². The third-order valence-electron chi connectivity index (χ3n) is 9.14. The number of ether oxygens (including phenoxy) is 1. The van der Waals surface area contributed by atoms with Gasteiger partial charge in [0, 0.05) is 12.1 Å². The summed E-state index contributed by atoms with van der Waals surface area (Å²) in [6.45, 7) is 4.05. The largest absolute Gasteiger partial charge is 0.457 e. The third-order valence-corrected chi connectivity index (χ3v) is 9.14. The Hall–Kier alpha value is -4.19. The lowest BCUT2D eigenvalue weighted by Gasteiger charge is -2.37. The van der Waals surface area contributed by atoms with Gasteiger partial charge in [0.1, 0.15) is 17.5 Å². The number of carbonyl (C=O) groups is 3. The minimum atomic E-state index is -0.921. The molecule has 1 aliphatic heterocycles. The van der Waals surface area contributed by atoms with Crippen LogP contribution in [0.25, 0.3) is 0 Å². The zero-order chi connectivity index (χ0) is 27.5. The van der Waals surface area contributed by atoms with E-state index >= 15 is 0 Å². The molecule has 1 heterocycles. The highest BCUT2D eigenvalue weighted by Gasteiger charge is 2.67. The van der Waals surface area contributed by atoms with Crippen LogP contribution in [0.15, 0.2) is 84.9 Å². The minimum absolute atomic E-state index is 0.117. The number of nitrogens with zero attached hydrogens (tertiary/aromatic N) is 1. The van der Waals surface area contributed by atoms with E-state index in [0.717, 1.165) is 28.9 Å². The van der Waals surface area contributed by atoms with Gasteiger partial charge in [-0.15, -0.1) is 0 Å². The maximum Gasteiger partial charge on any atom is 0.248 e. The molecule has 6 nitrogen and oxygen atoms in total. The summed E-state index contributed by atoms with van der Waals surface area (Å²) in [6.07, 6.45) is 5.69. The minimum Gasteiger partial charge on any atom is -0.457 e. The van der Waals surface area contributed by atoms with Gasteiger partial charge in [0.25, 0.3) is 0 Å². The quantitative estimate of drug-likeness (QED) is 0.313. The lowest BCUT2D eigenvalue weighted by Crippen LogP contribution is -2.49. The van der Waals surface area contributed by atoms with E-state index in [9.17, 15) is 14.4 Å². The summed E-state index contributed by atoms with van der Waals surface area (Å²) in [5, 5.41) is 2.97. The number of rotatable bonds is 7. The number of aryl methyl sites for hydroxylation is 2. The van der Waals surface area contributed by atoms with Crippen LogP contribution in [0, 0.1) is 49.4 Å². The zero-order valence-electron chi connectivity index (χ0n) is 22.6. The topological polar surface area (TPSA) is 75.7 Å². The van der Waals surface area contributed by atoms with Crippen molar-refractivity contribution >= 4 is 23.4 Å². The Morgan fingerprint density at radius 2 is 1.45 bits per heavy atom. The molecule has 0 unspecified atom stereocenters. The second-order valence-electron chi connectivity index (χ2n) is 11.8. The van der Waals surface area contributed by atoms with Crippen molar-refractivity contribution in [3.05, 3.63) is 102 Å². The van der Waals surface area contributed by atoms with Gasteiger partial charge in [0.2, 0.25) is 17.7 Å². The maximum atomic E-state index is 13.8. The van der Waals surface area contributed by atoms with Gasteiger partial charge in [0.05, 0.1) is 11.8 Å². The van der Waals surface area contributed by atoms with Crippen molar-refractivity contribution in [1.82, 2.24) is 4.90 Å². The summed E-state index contributed by atoms with van der Waals surface area (Å²) in [6, 6.07) is 21.9. The lowest BCUT2D eigenvalue weighted by atomic mass is 9.63. The summed E-state index contributed by atoms with van der Waals surface area (Å²) in [4.78, 5) is 42.8. The number of allylic oxidation sites excluding steroid dienone is 2. The molecule has 3 aromatic carbocycles. The molecule has 8 rings (SSSR count). The summed E-state index contributed by atoms with van der Waals surface area (Å²) in [7, 11) is 0. The summed E-state index contributed by atoms with van der Waals surface area (Å²) in [5.41, 5.74) is 3.72. The Morgan fingerprint density at radius 1 is 0.850 bits per heavy atom. The summed E-state index contributed by atoms with van der Waals surface area (Å²) >= 11 is 0. The van der Waals surface area contributed by atoms with Crippen LogP contribution in [0.4, 0.5) is 5.69 Å². The molecule has 3 fully saturated rings. The van der Waals surface area contributed by atoms with Crippen molar-refractivity contribution in [2.45, 2.75) is 32.7 Å². The van der Waals surface area contributed by atoms with E-state index in [0.29, 0.717) is 23.3 Å². The van der Waals surface area contributed by atoms with E-state index in [1.807, 2.05) is 56.3 Å². The van der Waals surface area contributed by atoms with E-state index in [-0.39, 0.29) is 47.8 Å². The van der Waals surface area contributed by atoms with Gasteiger partial charge in [-0.1, -0.05) is 48.6 Å². The van der Waals surface area contributed by atoms with Gasteiger partial charge >= 0.3 is 0 Å². The molecule has 4 aliphatic carbocycles. The molecule has 3 amide bonds. The van der Waals surface area contributed by atoms with E-state index in [1.165, 1.54) is 4.90 Å². The first kappa shape index (κ1) is 24.8. The SMILES string of the molecule is Cc1cc(C)cc(Oc2ccc(NC(=O)[C@@H](Cc3ccccc3)N3C(=O)[C@H]4[C@@H]5C=C[C@H]([C@H]6C[C@H]56)[C@@H]4C3=O)cc2)c1. The number of imide groups is 1. The number of anilines is 1.